The van der Waals surface area contributed by atoms with Gasteiger partial charge in [-0.05, 0) is 13.0 Å². The van der Waals surface area contributed by atoms with Gasteiger partial charge in [-0.3, -0.25) is 9.78 Å². The molecule has 0 spiro atoms. The highest BCUT2D eigenvalue weighted by Gasteiger charge is 2.06. The molecule has 88 valence electrons. The second-order valence-corrected chi connectivity index (χ2v) is 3.49. The van der Waals surface area contributed by atoms with E-state index in [1.165, 1.54) is 0 Å². The first kappa shape index (κ1) is 12.3. The molecule has 1 rings (SSSR count). The van der Waals surface area contributed by atoms with Crippen molar-refractivity contribution in [3.8, 4) is 0 Å². The molecule has 1 amide bonds. The summed E-state index contributed by atoms with van der Waals surface area (Å²) >= 11 is 0. The quantitative estimate of drug-likeness (QED) is 0.770. The molecule has 5 heteroatoms. The molecule has 0 saturated carbocycles. The Morgan fingerprint density at radius 2 is 2.25 bits per heavy atom. The van der Waals surface area contributed by atoms with Crippen LogP contribution in [0.5, 0.6) is 0 Å². The number of pyridine rings is 1. The lowest BCUT2D eigenvalue weighted by Crippen LogP contribution is -2.33. The van der Waals surface area contributed by atoms with Gasteiger partial charge in [-0.25, -0.2) is 0 Å². The molecule has 0 radical (unpaired) electrons. The van der Waals surface area contributed by atoms with Gasteiger partial charge in [0.1, 0.15) is 0 Å². The van der Waals surface area contributed by atoms with Crippen LogP contribution in [0.3, 0.4) is 0 Å². The van der Waals surface area contributed by atoms with E-state index >= 15 is 0 Å². The lowest BCUT2D eigenvalue weighted by atomic mass is 10.3. The number of carbonyl (C=O) groups is 1. The number of hydrogen-bond acceptors (Lipinski definition) is 4. The van der Waals surface area contributed by atoms with Crippen LogP contribution in [0.1, 0.15) is 6.92 Å². The fourth-order valence-corrected chi connectivity index (χ4v) is 1.32. The van der Waals surface area contributed by atoms with Crippen LogP contribution in [0.25, 0.3) is 0 Å². The van der Waals surface area contributed by atoms with Crippen molar-refractivity contribution < 1.29 is 4.79 Å². The van der Waals surface area contributed by atoms with E-state index in [1.807, 2.05) is 24.9 Å². The van der Waals surface area contributed by atoms with Gasteiger partial charge >= 0.3 is 0 Å². The number of amides is 1. The second kappa shape index (κ2) is 5.95. The predicted octanol–water partition coefficient (Wildman–Crippen LogP) is 0.696. The Labute approximate surface area is 95.9 Å². The number of nitrogens with one attached hydrogen (secondary N) is 2. The SMILES string of the molecule is CCNc1cncc(N(C)CC(=O)NC)c1. The fourth-order valence-electron chi connectivity index (χ4n) is 1.32. The topological polar surface area (TPSA) is 57.3 Å². The third-order valence-electron chi connectivity index (χ3n) is 2.21. The second-order valence-electron chi connectivity index (χ2n) is 3.49. The number of hydrogen-bond donors (Lipinski definition) is 2. The molecule has 0 aliphatic heterocycles. The summed E-state index contributed by atoms with van der Waals surface area (Å²) in [7, 11) is 3.49. The number of likely N-dealkylation sites (N-methyl/N-ethyl adjacent to an activating group) is 2. The maximum absolute atomic E-state index is 11.2. The molecule has 0 aliphatic rings. The van der Waals surface area contributed by atoms with Crippen molar-refractivity contribution in [2.24, 2.45) is 0 Å². The summed E-state index contributed by atoms with van der Waals surface area (Å²) in [5.74, 6) is -0.0173. The van der Waals surface area contributed by atoms with E-state index in [-0.39, 0.29) is 5.91 Å². The fraction of sp³-hybridized carbons (Fsp3) is 0.455. The van der Waals surface area contributed by atoms with Crippen LogP contribution in [-0.2, 0) is 4.79 Å². The highest BCUT2D eigenvalue weighted by Crippen LogP contribution is 2.15. The first-order valence-corrected chi connectivity index (χ1v) is 5.28. The van der Waals surface area contributed by atoms with E-state index in [1.54, 1.807) is 19.4 Å². The van der Waals surface area contributed by atoms with Crippen molar-refractivity contribution in [2.45, 2.75) is 6.92 Å². The number of aromatic nitrogens is 1. The van der Waals surface area contributed by atoms with Gasteiger partial charge in [0.25, 0.3) is 0 Å². The molecule has 0 aliphatic carbocycles. The van der Waals surface area contributed by atoms with E-state index in [9.17, 15) is 4.79 Å². The van der Waals surface area contributed by atoms with Crippen LogP contribution in [-0.4, -0.2) is 38.1 Å². The normalized spacial score (nSPS) is 9.69. The summed E-state index contributed by atoms with van der Waals surface area (Å²) in [6.07, 6.45) is 3.50. The zero-order valence-electron chi connectivity index (χ0n) is 9.95. The Bertz CT molecular complexity index is 354. The predicted molar refractivity (Wildman–Crippen MR) is 65.7 cm³/mol. The first-order chi connectivity index (χ1) is 7.67. The summed E-state index contributed by atoms with van der Waals surface area (Å²) in [6, 6.07) is 1.97. The van der Waals surface area contributed by atoms with Crippen molar-refractivity contribution in [3.05, 3.63) is 18.5 Å². The minimum Gasteiger partial charge on any atom is -0.384 e. The van der Waals surface area contributed by atoms with Crippen LogP contribution in [0.4, 0.5) is 11.4 Å². The lowest BCUT2D eigenvalue weighted by Gasteiger charge is -2.18. The van der Waals surface area contributed by atoms with Gasteiger partial charge in [-0.1, -0.05) is 0 Å². The van der Waals surface area contributed by atoms with Crippen molar-refractivity contribution in [2.75, 3.05) is 37.4 Å². The molecule has 1 aromatic heterocycles. The Balaban J connectivity index is 2.71. The number of rotatable bonds is 5. The Morgan fingerprint density at radius 1 is 1.50 bits per heavy atom. The van der Waals surface area contributed by atoms with Crippen molar-refractivity contribution >= 4 is 17.3 Å². The molecule has 5 nitrogen and oxygen atoms in total. The highest BCUT2D eigenvalue weighted by atomic mass is 16.1. The van der Waals surface area contributed by atoms with Crippen molar-refractivity contribution in [1.82, 2.24) is 10.3 Å². The molecule has 0 bridgehead atoms. The number of carbonyl (C=O) groups excluding carboxylic acids is 1. The third-order valence-corrected chi connectivity index (χ3v) is 2.21. The van der Waals surface area contributed by atoms with Gasteiger partial charge in [-0.2, -0.15) is 0 Å². The van der Waals surface area contributed by atoms with E-state index in [0.717, 1.165) is 17.9 Å². The standard InChI is InChI=1S/C11H18N4O/c1-4-14-9-5-10(7-13-6-9)15(3)8-11(16)12-2/h5-7,14H,4,8H2,1-3H3,(H,12,16). The molecule has 0 fully saturated rings. The smallest absolute Gasteiger partial charge is 0.239 e. The Kier molecular flexibility index (Phi) is 4.57. The van der Waals surface area contributed by atoms with Gasteiger partial charge in [0.2, 0.25) is 5.91 Å². The van der Waals surface area contributed by atoms with Crippen LogP contribution in [0.15, 0.2) is 18.5 Å². The van der Waals surface area contributed by atoms with Crippen molar-refractivity contribution in [3.63, 3.8) is 0 Å². The summed E-state index contributed by atoms with van der Waals surface area (Å²) in [5, 5.41) is 5.77. The van der Waals surface area contributed by atoms with Crippen LogP contribution in [0.2, 0.25) is 0 Å². The summed E-state index contributed by atoms with van der Waals surface area (Å²) in [6.45, 7) is 3.21. The minimum absolute atomic E-state index is 0.0173. The highest BCUT2D eigenvalue weighted by molar-refractivity contribution is 5.81. The van der Waals surface area contributed by atoms with Crippen LogP contribution >= 0.6 is 0 Å². The molecular formula is C11H18N4O. The van der Waals surface area contributed by atoms with Crippen LogP contribution in [0, 0.1) is 0 Å². The van der Waals surface area contributed by atoms with Crippen molar-refractivity contribution in [1.29, 1.82) is 0 Å². The zero-order chi connectivity index (χ0) is 12.0. The molecular weight excluding hydrogens is 204 g/mol. The molecule has 2 N–H and O–H groups in total. The van der Waals surface area contributed by atoms with E-state index in [0.29, 0.717) is 6.54 Å². The molecule has 0 saturated heterocycles. The number of nitrogens with zero attached hydrogens (tertiary/aromatic N) is 2. The molecule has 1 aromatic rings. The maximum Gasteiger partial charge on any atom is 0.239 e. The molecule has 0 atom stereocenters. The molecule has 1 heterocycles. The summed E-state index contributed by atoms with van der Waals surface area (Å²) in [4.78, 5) is 17.2. The minimum atomic E-state index is -0.0173. The Hall–Kier alpha value is -1.78. The van der Waals surface area contributed by atoms with Gasteiger partial charge in [0, 0.05) is 20.6 Å². The number of anilines is 2. The Morgan fingerprint density at radius 3 is 2.88 bits per heavy atom. The first-order valence-electron chi connectivity index (χ1n) is 5.28. The lowest BCUT2D eigenvalue weighted by molar-refractivity contribution is -0.119. The van der Waals surface area contributed by atoms with E-state index in [4.69, 9.17) is 0 Å². The molecule has 0 unspecified atom stereocenters. The zero-order valence-corrected chi connectivity index (χ0v) is 9.95. The maximum atomic E-state index is 11.2. The van der Waals surface area contributed by atoms with Gasteiger partial charge < -0.3 is 15.5 Å². The average Bonchev–Trinajstić information content (AvgIpc) is 2.29. The monoisotopic (exact) mass is 222 g/mol. The van der Waals surface area contributed by atoms with Gasteiger partial charge in [0.15, 0.2) is 0 Å². The largest absolute Gasteiger partial charge is 0.384 e. The van der Waals surface area contributed by atoms with E-state index in [2.05, 4.69) is 15.6 Å². The molecule has 16 heavy (non-hydrogen) atoms. The summed E-state index contributed by atoms with van der Waals surface area (Å²) in [5.41, 5.74) is 1.88. The van der Waals surface area contributed by atoms with Crippen LogP contribution < -0.4 is 15.5 Å². The van der Waals surface area contributed by atoms with E-state index < -0.39 is 0 Å². The van der Waals surface area contributed by atoms with Gasteiger partial charge in [-0.15, -0.1) is 0 Å². The molecule has 0 aromatic carbocycles. The third kappa shape index (κ3) is 3.42. The average molecular weight is 222 g/mol. The summed E-state index contributed by atoms with van der Waals surface area (Å²) < 4.78 is 0. The van der Waals surface area contributed by atoms with Gasteiger partial charge in [0.05, 0.1) is 30.3 Å².